The molecule has 1 aromatic carbocycles. The van der Waals surface area contributed by atoms with Crippen LogP contribution in [0.2, 0.25) is 0 Å². The monoisotopic (exact) mass is 357 g/mol. The molecule has 2 rings (SSSR count). The molecular formula is C16H24FN3O3S. The Kier molecular flexibility index (Phi) is 6.31. The molecule has 1 atom stereocenters. The molecule has 0 radical (unpaired) electrons. The van der Waals surface area contributed by atoms with Crippen molar-refractivity contribution >= 4 is 15.9 Å². The van der Waals surface area contributed by atoms with E-state index in [4.69, 9.17) is 5.73 Å². The van der Waals surface area contributed by atoms with Gasteiger partial charge in [-0.25, -0.2) is 12.8 Å². The van der Waals surface area contributed by atoms with Crippen LogP contribution in [0.15, 0.2) is 29.2 Å². The molecule has 6 nitrogen and oxygen atoms in total. The van der Waals surface area contributed by atoms with E-state index in [-0.39, 0.29) is 23.4 Å². The standard InChI is InChI=1S/C16H24FN3O3S/c1-13(18)3-8-16(21)19-9-2-10-20(12-11-19)24(22,23)15-6-4-14(17)5-7-15/h4-7,13H,2-3,8-12,18H2,1H3. The van der Waals surface area contributed by atoms with Crippen molar-refractivity contribution in [3.8, 4) is 0 Å². The number of hydrogen-bond donors (Lipinski definition) is 1. The third kappa shape index (κ3) is 4.75. The first-order valence-electron chi connectivity index (χ1n) is 8.10. The van der Waals surface area contributed by atoms with Crippen molar-refractivity contribution in [3.63, 3.8) is 0 Å². The lowest BCUT2D eigenvalue weighted by Gasteiger charge is -2.22. The number of benzene rings is 1. The Balaban J connectivity index is 2.02. The van der Waals surface area contributed by atoms with Crippen molar-refractivity contribution in [2.75, 3.05) is 26.2 Å². The summed E-state index contributed by atoms with van der Waals surface area (Å²) in [5, 5.41) is 0. The van der Waals surface area contributed by atoms with Crippen LogP contribution in [-0.2, 0) is 14.8 Å². The Bertz CT molecular complexity index is 662. The summed E-state index contributed by atoms with van der Waals surface area (Å²) < 4.78 is 39.6. The SMILES string of the molecule is CC(N)CCC(=O)N1CCCN(S(=O)(=O)c2ccc(F)cc2)CC1. The maximum Gasteiger partial charge on any atom is 0.243 e. The van der Waals surface area contributed by atoms with Gasteiger partial charge < -0.3 is 10.6 Å². The molecule has 1 saturated heterocycles. The molecule has 24 heavy (non-hydrogen) atoms. The molecule has 8 heteroatoms. The third-order valence-corrected chi connectivity index (χ3v) is 5.99. The summed E-state index contributed by atoms with van der Waals surface area (Å²) in [6.45, 7) is 3.33. The van der Waals surface area contributed by atoms with Crippen LogP contribution in [0.1, 0.15) is 26.2 Å². The zero-order valence-corrected chi connectivity index (χ0v) is 14.6. The van der Waals surface area contributed by atoms with Crippen molar-refractivity contribution in [2.24, 2.45) is 5.73 Å². The highest BCUT2D eigenvalue weighted by Crippen LogP contribution is 2.18. The molecule has 0 saturated carbocycles. The minimum atomic E-state index is -3.67. The van der Waals surface area contributed by atoms with E-state index in [2.05, 4.69) is 0 Å². The molecule has 1 amide bonds. The van der Waals surface area contributed by atoms with E-state index in [0.29, 0.717) is 38.9 Å². The van der Waals surface area contributed by atoms with Crippen molar-refractivity contribution in [1.29, 1.82) is 0 Å². The zero-order valence-electron chi connectivity index (χ0n) is 13.8. The first-order chi connectivity index (χ1) is 11.3. The maximum absolute atomic E-state index is 13.0. The van der Waals surface area contributed by atoms with Gasteiger partial charge in [0.05, 0.1) is 4.90 Å². The summed E-state index contributed by atoms with van der Waals surface area (Å²) in [5.41, 5.74) is 5.67. The molecule has 0 aliphatic carbocycles. The Morgan fingerprint density at radius 1 is 1.21 bits per heavy atom. The highest BCUT2D eigenvalue weighted by Gasteiger charge is 2.28. The molecule has 1 heterocycles. The third-order valence-electron chi connectivity index (χ3n) is 4.07. The second-order valence-corrected chi connectivity index (χ2v) is 8.05. The minimum Gasteiger partial charge on any atom is -0.341 e. The number of carbonyl (C=O) groups is 1. The Labute approximate surface area is 142 Å². The van der Waals surface area contributed by atoms with Crippen LogP contribution < -0.4 is 5.73 Å². The maximum atomic E-state index is 13.0. The largest absolute Gasteiger partial charge is 0.341 e. The fourth-order valence-corrected chi connectivity index (χ4v) is 4.12. The normalized spacial score (nSPS) is 18.2. The van der Waals surface area contributed by atoms with Gasteiger partial charge in [-0.15, -0.1) is 0 Å². The lowest BCUT2D eigenvalue weighted by molar-refractivity contribution is -0.131. The van der Waals surface area contributed by atoms with Gasteiger partial charge in [0, 0.05) is 38.6 Å². The van der Waals surface area contributed by atoms with E-state index in [1.54, 1.807) is 4.90 Å². The minimum absolute atomic E-state index is 0.00771. The second kappa shape index (κ2) is 8.04. The van der Waals surface area contributed by atoms with Gasteiger partial charge >= 0.3 is 0 Å². The van der Waals surface area contributed by atoms with Crippen molar-refractivity contribution in [2.45, 2.75) is 37.1 Å². The predicted molar refractivity (Wildman–Crippen MR) is 89.2 cm³/mol. The van der Waals surface area contributed by atoms with Crippen LogP contribution in [0.5, 0.6) is 0 Å². The summed E-state index contributed by atoms with van der Waals surface area (Å²) >= 11 is 0. The first-order valence-corrected chi connectivity index (χ1v) is 9.54. The summed E-state index contributed by atoms with van der Waals surface area (Å²) in [5.74, 6) is -0.468. The lowest BCUT2D eigenvalue weighted by Crippen LogP contribution is -2.37. The van der Waals surface area contributed by atoms with Crippen LogP contribution in [0.3, 0.4) is 0 Å². The van der Waals surface area contributed by atoms with E-state index in [9.17, 15) is 17.6 Å². The van der Waals surface area contributed by atoms with Crippen LogP contribution in [-0.4, -0.2) is 55.8 Å². The quantitative estimate of drug-likeness (QED) is 0.858. The van der Waals surface area contributed by atoms with Crippen LogP contribution in [0, 0.1) is 5.82 Å². The average Bonchev–Trinajstić information content (AvgIpc) is 2.79. The number of carbonyl (C=O) groups excluding carboxylic acids is 1. The molecule has 1 aliphatic heterocycles. The molecule has 1 fully saturated rings. The second-order valence-electron chi connectivity index (χ2n) is 6.11. The topological polar surface area (TPSA) is 83.7 Å². The van der Waals surface area contributed by atoms with E-state index in [1.165, 1.54) is 16.4 Å². The van der Waals surface area contributed by atoms with Crippen molar-refractivity contribution < 1.29 is 17.6 Å². The fourth-order valence-electron chi connectivity index (χ4n) is 2.65. The summed E-state index contributed by atoms with van der Waals surface area (Å²) in [6, 6.07) is 4.77. The Morgan fingerprint density at radius 3 is 2.50 bits per heavy atom. The van der Waals surface area contributed by atoms with Crippen LogP contribution in [0.4, 0.5) is 4.39 Å². The van der Waals surface area contributed by atoms with Gasteiger partial charge in [0.2, 0.25) is 15.9 Å². The van der Waals surface area contributed by atoms with Crippen molar-refractivity contribution in [3.05, 3.63) is 30.1 Å². The molecular weight excluding hydrogens is 333 g/mol. The zero-order chi connectivity index (χ0) is 17.7. The molecule has 0 spiro atoms. The first kappa shape index (κ1) is 18.8. The van der Waals surface area contributed by atoms with Gasteiger partial charge in [-0.1, -0.05) is 0 Å². The summed E-state index contributed by atoms with van der Waals surface area (Å²) in [6.07, 6.45) is 1.57. The molecule has 1 aliphatic rings. The van der Waals surface area contributed by atoms with Gasteiger partial charge in [-0.3, -0.25) is 4.79 Å². The Hall–Kier alpha value is -1.51. The number of halogens is 1. The Morgan fingerprint density at radius 2 is 1.88 bits per heavy atom. The molecule has 0 bridgehead atoms. The highest BCUT2D eigenvalue weighted by molar-refractivity contribution is 7.89. The number of sulfonamides is 1. The van der Waals surface area contributed by atoms with Crippen LogP contribution in [0.25, 0.3) is 0 Å². The summed E-state index contributed by atoms with van der Waals surface area (Å²) in [4.78, 5) is 13.9. The van der Waals surface area contributed by atoms with Gasteiger partial charge in [0.25, 0.3) is 0 Å². The van der Waals surface area contributed by atoms with E-state index in [0.717, 1.165) is 12.1 Å². The fraction of sp³-hybridized carbons (Fsp3) is 0.562. The van der Waals surface area contributed by atoms with Gasteiger partial charge in [-0.05, 0) is 44.0 Å². The molecule has 1 unspecified atom stereocenters. The van der Waals surface area contributed by atoms with Gasteiger partial charge in [0.1, 0.15) is 5.82 Å². The van der Waals surface area contributed by atoms with Crippen LogP contribution >= 0.6 is 0 Å². The number of rotatable bonds is 5. The average molecular weight is 357 g/mol. The van der Waals surface area contributed by atoms with Crippen molar-refractivity contribution in [1.82, 2.24) is 9.21 Å². The highest BCUT2D eigenvalue weighted by atomic mass is 32.2. The lowest BCUT2D eigenvalue weighted by atomic mass is 10.2. The molecule has 2 N–H and O–H groups in total. The number of nitrogens with zero attached hydrogens (tertiary/aromatic N) is 2. The molecule has 0 aromatic heterocycles. The smallest absolute Gasteiger partial charge is 0.243 e. The number of nitrogens with two attached hydrogens (primary N) is 1. The van der Waals surface area contributed by atoms with E-state index >= 15 is 0 Å². The number of hydrogen-bond acceptors (Lipinski definition) is 4. The number of amides is 1. The molecule has 1 aromatic rings. The van der Waals surface area contributed by atoms with E-state index < -0.39 is 15.8 Å². The molecule has 134 valence electrons. The summed E-state index contributed by atoms with van der Waals surface area (Å²) in [7, 11) is -3.67. The van der Waals surface area contributed by atoms with E-state index in [1.807, 2.05) is 6.92 Å². The van der Waals surface area contributed by atoms with Gasteiger partial charge in [0.15, 0.2) is 0 Å². The predicted octanol–water partition coefficient (Wildman–Crippen LogP) is 1.18. The van der Waals surface area contributed by atoms with Gasteiger partial charge in [-0.2, -0.15) is 4.31 Å².